The van der Waals surface area contributed by atoms with Crippen LogP contribution in [0.5, 0.6) is 0 Å². The zero-order valence-electron chi connectivity index (χ0n) is 13.0. The number of hydrogen-bond acceptors (Lipinski definition) is 4. The summed E-state index contributed by atoms with van der Waals surface area (Å²) < 4.78 is 5.70. The third-order valence-electron chi connectivity index (χ3n) is 3.37. The van der Waals surface area contributed by atoms with Crippen LogP contribution in [-0.2, 0) is 11.2 Å². The summed E-state index contributed by atoms with van der Waals surface area (Å²) in [4.78, 5) is 24.5. The van der Waals surface area contributed by atoms with Crippen molar-refractivity contribution >= 4 is 39.1 Å². The van der Waals surface area contributed by atoms with Crippen molar-refractivity contribution in [2.24, 2.45) is 0 Å². The molecular formula is C17H18BrNO3S. The number of aryl methyl sites for hydroxylation is 1. The minimum atomic E-state index is -0.419. The topological polar surface area (TPSA) is 55.4 Å². The number of amides is 1. The second-order valence-electron chi connectivity index (χ2n) is 5.20. The van der Waals surface area contributed by atoms with Crippen molar-refractivity contribution in [3.05, 3.63) is 56.2 Å². The van der Waals surface area contributed by atoms with Gasteiger partial charge in [-0.2, -0.15) is 0 Å². The summed E-state index contributed by atoms with van der Waals surface area (Å²) in [7, 11) is 1.33. The maximum absolute atomic E-state index is 12.2. The Hall–Kier alpha value is -1.66. The molecule has 0 aliphatic heterocycles. The molecule has 0 fully saturated rings. The van der Waals surface area contributed by atoms with Crippen LogP contribution in [0, 0.1) is 0 Å². The smallest absolute Gasteiger partial charge is 0.348 e. The molecule has 2 rings (SSSR count). The average molecular weight is 396 g/mol. The van der Waals surface area contributed by atoms with Gasteiger partial charge in [0.25, 0.3) is 5.91 Å². The Balaban J connectivity index is 1.85. The SMILES string of the molecule is COC(=O)c1ccc(C(=O)NC(C)CCc2ccc(Br)cc2)s1. The number of halogens is 1. The first-order chi connectivity index (χ1) is 11.0. The van der Waals surface area contributed by atoms with E-state index in [-0.39, 0.29) is 11.9 Å². The molecule has 2 aromatic rings. The summed E-state index contributed by atoms with van der Waals surface area (Å²) in [5.41, 5.74) is 1.23. The van der Waals surface area contributed by atoms with Gasteiger partial charge in [0.1, 0.15) is 4.88 Å². The van der Waals surface area contributed by atoms with Crippen LogP contribution in [0.3, 0.4) is 0 Å². The molecule has 1 unspecified atom stereocenters. The molecule has 0 aliphatic rings. The molecule has 0 aliphatic carbocycles. The Morgan fingerprint density at radius 3 is 2.48 bits per heavy atom. The van der Waals surface area contributed by atoms with E-state index < -0.39 is 5.97 Å². The highest BCUT2D eigenvalue weighted by Gasteiger charge is 2.15. The molecule has 1 heterocycles. The van der Waals surface area contributed by atoms with Gasteiger partial charge < -0.3 is 10.1 Å². The quantitative estimate of drug-likeness (QED) is 0.750. The highest BCUT2D eigenvalue weighted by molar-refractivity contribution is 9.10. The standard InChI is InChI=1S/C17H18BrNO3S/c1-11(3-4-12-5-7-13(18)8-6-12)19-16(20)14-9-10-15(23-14)17(21)22-2/h5-11H,3-4H2,1-2H3,(H,19,20). The maximum Gasteiger partial charge on any atom is 0.348 e. The van der Waals surface area contributed by atoms with Gasteiger partial charge in [-0.3, -0.25) is 4.79 Å². The van der Waals surface area contributed by atoms with E-state index in [0.717, 1.165) is 28.7 Å². The van der Waals surface area contributed by atoms with E-state index in [0.29, 0.717) is 9.75 Å². The van der Waals surface area contributed by atoms with Crippen LogP contribution in [0.15, 0.2) is 40.9 Å². The predicted molar refractivity (Wildman–Crippen MR) is 95.0 cm³/mol. The molecule has 23 heavy (non-hydrogen) atoms. The molecule has 0 saturated carbocycles. The fourth-order valence-electron chi connectivity index (χ4n) is 2.07. The highest BCUT2D eigenvalue weighted by atomic mass is 79.9. The maximum atomic E-state index is 12.2. The van der Waals surface area contributed by atoms with Gasteiger partial charge in [0.2, 0.25) is 0 Å². The molecule has 4 nitrogen and oxygen atoms in total. The molecule has 1 N–H and O–H groups in total. The van der Waals surface area contributed by atoms with E-state index in [1.54, 1.807) is 12.1 Å². The number of hydrogen-bond donors (Lipinski definition) is 1. The van der Waals surface area contributed by atoms with E-state index >= 15 is 0 Å². The molecule has 1 aromatic heterocycles. The number of thiophene rings is 1. The van der Waals surface area contributed by atoms with Crippen LogP contribution in [0.2, 0.25) is 0 Å². The van der Waals surface area contributed by atoms with Crippen LogP contribution >= 0.6 is 27.3 Å². The Morgan fingerprint density at radius 1 is 1.17 bits per heavy atom. The van der Waals surface area contributed by atoms with Crippen molar-refractivity contribution in [3.8, 4) is 0 Å². The van der Waals surface area contributed by atoms with Gasteiger partial charge in [-0.15, -0.1) is 11.3 Å². The lowest BCUT2D eigenvalue weighted by atomic mass is 10.1. The molecule has 122 valence electrons. The number of carbonyl (C=O) groups is 2. The third kappa shape index (κ3) is 5.18. The second-order valence-corrected chi connectivity index (χ2v) is 7.19. The molecular weight excluding hydrogens is 378 g/mol. The highest BCUT2D eigenvalue weighted by Crippen LogP contribution is 2.18. The Bertz CT molecular complexity index is 681. The van der Waals surface area contributed by atoms with Gasteiger partial charge in [0.05, 0.1) is 12.0 Å². The lowest BCUT2D eigenvalue weighted by molar-refractivity contribution is 0.0606. The number of carbonyl (C=O) groups excluding carboxylic acids is 2. The summed E-state index contributed by atoms with van der Waals surface area (Å²) in [5, 5.41) is 2.96. The van der Waals surface area contributed by atoms with Crippen molar-refractivity contribution in [1.29, 1.82) is 0 Å². The van der Waals surface area contributed by atoms with Crippen molar-refractivity contribution in [3.63, 3.8) is 0 Å². The number of rotatable bonds is 6. The van der Waals surface area contributed by atoms with Crippen molar-refractivity contribution in [1.82, 2.24) is 5.32 Å². The lowest BCUT2D eigenvalue weighted by Crippen LogP contribution is -2.32. The van der Waals surface area contributed by atoms with Crippen molar-refractivity contribution in [2.45, 2.75) is 25.8 Å². The molecule has 1 amide bonds. The largest absolute Gasteiger partial charge is 0.465 e. The van der Waals surface area contributed by atoms with E-state index in [9.17, 15) is 9.59 Å². The Morgan fingerprint density at radius 2 is 1.83 bits per heavy atom. The number of methoxy groups -OCH3 is 1. The van der Waals surface area contributed by atoms with Gasteiger partial charge in [-0.05, 0) is 49.6 Å². The van der Waals surface area contributed by atoms with E-state index in [1.807, 2.05) is 19.1 Å². The number of ether oxygens (including phenoxy) is 1. The number of benzene rings is 1. The summed E-state index contributed by atoms with van der Waals surface area (Å²) >= 11 is 4.55. The Kier molecular flexibility index (Phi) is 6.36. The molecule has 0 radical (unpaired) electrons. The molecule has 1 atom stereocenters. The molecule has 0 saturated heterocycles. The van der Waals surface area contributed by atoms with E-state index in [1.165, 1.54) is 12.7 Å². The number of nitrogens with one attached hydrogen (secondary N) is 1. The summed E-state index contributed by atoms with van der Waals surface area (Å²) in [6.45, 7) is 1.98. The van der Waals surface area contributed by atoms with Gasteiger partial charge >= 0.3 is 5.97 Å². The van der Waals surface area contributed by atoms with E-state index in [2.05, 4.69) is 38.1 Å². The summed E-state index contributed by atoms with van der Waals surface area (Å²) in [6.07, 6.45) is 1.75. The fraction of sp³-hybridized carbons (Fsp3) is 0.294. The molecule has 0 spiro atoms. The molecule has 6 heteroatoms. The van der Waals surface area contributed by atoms with Crippen LogP contribution in [0.4, 0.5) is 0 Å². The van der Waals surface area contributed by atoms with Crippen LogP contribution in [0.25, 0.3) is 0 Å². The first-order valence-corrected chi connectivity index (χ1v) is 8.84. The van der Waals surface area contributed by atoms with Gasteiger partial charge in [0.15, 0.2) is 0 Å². The first kappa shape index (κ1) is 17.7. The number of esters is 1. The van der Waals surface area contributed by atoms with Crippen LogP contribution in [-0.4, -0.2) is 25.0 Å². The summed E-state index contributed by atoms with van der Waals surface area (Å²) in [5.74, 6) is -0.578. The normalized spacial score (nSPS) is 11.8. The molecule has 1 aromatic carbocycles. The minimum Gasteiger partial charge on any atom is -0.465 e. The zero-order chi connectivity index (χ0) is 16.8. The fourth-order valence-corrected chi connectivity index (χ4v) is 3.16. The van der Waals surface area contributed by atoms with Crippen molar-refractivity contribution < 1.29 is 14.3 Å². The average Bonchev–Trinajstić information content (AvgIpc) is 3.03. The van der Waals surface area contributed by atoms with Crippen molar-refractivity contribution in [2.75, 3.05) is 7.11 Å². The third-order valence-corrected chi connectivity index (χ3v) is 4.97. The zero-order valence-corrected chi connectivity index (χ0v) is 15.4. The Labute approximate surface area is 148 Å². The van der Waals surface area contributed by atoms with Gasteiger partial charge in [-0.1, -0.05) is 28.1 Å². The van der Waals surface area contributed by atoms with E-state index in [4.69, 9.17) is 0 Å². The molecule has 0 bridgehead atoms. The second kappa shape index (κ2) is 8.26. The van der Waals surface area contributed by atoms with Gasteiger partial charge in [0, 0.05) is 10.5 Å². The lowest BCUT2D eigenvalue weighted by Gasteiger charge is -2.13. The first-order valence-electron chi connectivity index (χ1n) is 7.23. The van der Waals surface area contributed by atoms with Crippen LogP contribution in [0.1, 0.15) is 38.3 Å². The monoisotopic (exact) mass is 395 g/mol. The summed E-state index contributed by atoms with van der Waals surface area (Å²) in [6, 6.07) is 11.5. The van der Waals surface area contributed by atoms with Crippen LogP contribution < -0.4 is 5.32 Å². The minimum absolute atomic E-state index is 0.0508. The van der Waals surface area contributed by atoms with Gasteiger partial charge in [-0.25, -0.2) is 4.79 Å². The predicted octanol–water partition coefficient (Wildman–Crippen LogP) is 4.05.